The molecule has 0 bridgehead atoms. The zero-order valence-corrected chi connectivity index (χ0v) is 5.20. The fraction of sp³-hybridized carbons (Fsp3) is 0.333. The van der Waals surface area contributed by atoms with Gasteiger partial charge in [-0.25, -0.2) is 4.79 Å². The Morgan fingerprint density at radius 2 is 2.50 bits per heavy atom. The molecule has 0 saturated heterocycles. The Kier molecular flexibility index (Phi) is 1.95. The van der Waals surface area contributed by atoms with Gasteiger partial charge in [0.2, 0.25) is 0 Å². The van der Waals surface area contributed by atoms with E-state index in [2.05, 4.69) is 6.08 Å². The first-order chi connectivity index (χ1) is 3.93. The van der Waals surface area contributed by atoms with Crippen LogP contribution in [0.5, 0.6) is 0 Å². The van der Waals surface area contributed by atoms with Gasteiger partial charge in [-0.05, 0) is 0 Å². The van der Waals surface area contributed by atoms with Crippen molar-refractivity contribution in [2.24, 2.45) is 0 Å². The highest BCUT2D eigenvalue weighted by atomic mass is 32.2. The van der Waals surface area contributed by atoms with Gasteiger partial charge < -0.3 is 0 Å². The van der Waals surface area contributed by atoms with E-state index in [1.54, 1.807) is 11.8 Å². The predicted molar refractivity (Wildman–Crippen MR) is 35.4 cm³/mol. The Hall–Kier alpha value is -0.460. The third-order valence-corrected chi connectivity index (χ3v) is 1.90. The molecule has 0 aromatic carbocycles. The van der Waals surface area contributed by atoms with E-state index in [0.29, 0.717) is 0 Å². The van der Waals surface area contributed by atoms with Gasteiger partial charge in [0.1, 0.15) is 5.94 Å². The molecule has 0 aromatic heterocycles. The molecular formula is C6H6OS. The summed E-state index contributed by atoms with van der Waals surface area (Å²) in [6.07, 6.45) is 4.84. The fourth-order valence-corrected chi connectivity index (χ4v) is 1.24. The molecule has 1 heterocycles. The summed E-state index contributed by atoms with van der Waals surface area (Å²) < 4.78 is 0. The molecule has 0 fully saturated rings. The summed E-state index contributed by atoms with van der Waals surface area (Å²) in [5, 5.41) is 0. The van der Waals surface area contributed by atoms with E-state index in [0.717, 1.165) is 17.1 Å². The molecule has 1 rings (SSSR count). The van der Waals surface area contributed by atoms with Gasteiger partial charge in [-0.15, -0.1) is 11.8 Å². The largest absolute Gasteiger partial charge is 0.233 e. The molecule has 0 amide bonds. The van der Waals surface area contributed by atoms with E-state index in [9.17, 15) is 4.79 Å². The summed E-state index contributed by atoms with van der Waals surface area (Å²) in [7, 11) is 0. The lowest BCUT2D eigenvalue weighted by Crippen LogP contribution is -1.83. The first-order valence-electron chi connectivity index (χ1n) is 2.45. The van der Waals surface area contributed by atoms with E-state index in [-0.39, 0.29) is 0 Å². The van der Waals surface area contributed by atoms with Crippen molar-refractivity contribution in [3.63, 3.8) is 0 Å². The number of rotatable bonds is 0. The van der Waals surface area contributed by atoms with Crippen LogP contribution in [0.2, 0.25) is 0 Å². The topological polar surface area (TPSA) is 17.1 Å². The highest BCUT2D eigenvalue weighted by Gasteiger charge is 1.98. The molecule has 0 atom stereocenters. The molecule has 1 aliphatic rings. The molecule has 0 radical (unpaired) electrons. The maximum absolute atomic E-state index is 9.94. The van der Waals surface area contributed by atoms with Crippen LogP contribution in [0, 0.1) is 0 Å². The van der Waals surface area contributed by atoms with Gasteiger partial charge in [-0.2, -0.15) is 0 Å². The van der Waals surface area contributed by atoms with Crippen molar-refractivity contribution >= 4 is 17.7 Å². The summed E-state index contributed by atoms with van der Waals surface area (Å²) in [5.41, 5.74) is 0. The quantitative estimate of drug-likeness (QED) is 0.360. The maximum Gasteiger partial charge on any atom is 0.135 e. The second kappa shape index (κ2) is 2.75. The Morgan fingerprint density at radius 1 is 1.62 bits per heavy atom. The Bertz CT molecular complexity index is 154. The molecular weight excluding hydrogens is 120 g/mol. The Morgan fingerprint density at radius 3 is 2.88 bits per heavy atom. The maximum atomic E-state index is 9.94. The van der Waals surface area contributed by atoms with Crippen LogP contribution < -0.4 is 0 Å². The van der Waals surface area contributed by atoms with Gasteiger partial charge in [-0.1, -0.05) is 12.2 Å². The van der Waals surface area contributed by atoms with Crippen molar-refractivity contribution in [3.8, 4) is 0 Å². The summed E-state index contributed by atoms with van der Waals surface area (Å²) in [4.78, 5) is 10.8. The standard InChI is InChI=1S/C6H6OS/c7-5-6-3-1-2-4-8-6/h1-2H,3-4H2. The molecule has 1 nitrogen and oxygen atoms in total. The zero-order valence-electron chi connectivity index (χ0n) is 4.39. The van der Waals surface area contributed by atoms with E-state index in [1.165, 1.54) is 0 Å². The van der Waals surface area contributed by atoms with Crippen LogP contribution in [0.1, 0.15) is 6.42 Å². The van der Waals surface area contributed by atoms with Crippen molar-refractivity contribution in [1.82, 2.24) is 0 Å². The molecule has 42 valence electrons. The van der Waals surface area contributed by atoms with Gasteiger partial charge in [0.05, 0.1) is 4.91 Å². The first-order valence-corrected chi connectivity index (χ1v) is 3.44. The molecule has 8 heavy (non-hydrogen) atoms. The first kappa shape index (κ1) is 5.67. The SMILES string of the molecule is O=C=C1CC=CCS1. The second-order valence-corrected chi connectivity index (χ2v) is 2.63. The average molecular weight is 126 g/mol. The van der Waals surface area contributed by atoms with Crippen molar-refractivity contribution in [1.29, 1.82) is 0 Å². The number of hydrogen-bond acceptors (Lipinski definition) is 2. The Balaban J connectivity index is 2.63. The van der Waals surface area contributed by atoms with Gasteiger partial charge in [0, 0.05) is 12.2 Å². The lowest BCUT2D eigenvalue weighted by Gasteiger charge is -2.00. The van der Waals surface area contributed by atoms with Crippen molar-refractivity contribution in [2.45, 2.75) is 6.42 Å². The number of allylic oxidation sites excluding steroid dienone is 2. The van der Waals surface area contributed by atoms with Crippen LogP contribution in [0.25, 0.3) is 0 Å². The molecule has 0 aromatic rings. The van der Waals surface area contributed by atoms with Crippen LogP contribution >= 0.6 is 11.8 Å². The third kappa shape index (κ3) is 1.25. The van der Waals surface area contributed by atoms with Crippen LogP contribution in [0.4, 0.5) is 0 Å². The van der Waals surface area contributed by atoms with Gasteiger partial charge in [-0.3, -0.25) is 0 Å². The lowest BCUT2D eigenvalue weighted by atomic mass is 10.4. The molecule has 0 aliphatic carbocycles. The van der Waals surface area contributed by atoms with Gasteiger partial charge in [0.25, 0.3) is 0 Å². The van der Waals surface area contributed by atoms with Gasteiger partial charge in [0.15, 0.2) is 0 Å². The molecule has 0 saturated carbocycles. The van der Waals surface area contributed by atoms with Crippen LogP contribution in [0.15, 0.2) is 17.1 Å². The lowest BCUT2D eigenvalue weighted by molar-refractivity contribution is 0.568. The van der Waals surface area contributed by atoms with Crippen molar-refractivity contribution in [2.75, 3.05) is 5.75 Å². The van der Waals surface area contributed by atoms with E-state index >= 15 is 0 Å². The molecule has 2 heteroatoms. The zero-order chi connectivity index (χ0) is 5.82. The summed E-state index contributed by atoms with van der Waals surface area (Å²) in [6, 6.07) is 0. The van der Waals surface area contributed by atoms with Crippen LogP contribution in [-0.4, -0.2) is 11.7 Å². The third-order valence-electron chi connectivity index (χ3n) is 0.938. The minimum absolute atomic E-state index is 0.786. The average Bonchev–Trinajstić information content (AvgIpc) is 1.90. The Labute approximate surface area is 52.5 Å². The monoisotopic (exact) mass is 126 g/mol. The highest BCUT2D eigenvalue weighted by Crippen LogP contribution is 2.20. The molecule has 1 aliphatic heterocycles. The van der Waals surface area contributed by atoms with Gasteiger partial charge >= 0.3 is 0 Å². The molecule has 0 N–H and O–H groups in total. The van der Waals surface area contributed by atoms with Crippen molar-refractivity contribution in [3.05, 3.63) is 17.1 Å². The molecule has 0 unspecified atom stereocenters. The minimum Gasteiger partial charge on any atom is -0.233 e. The van der Waals surface area contributed by atoms with E-state index in [1.807, 2.05) is 12.0 Å². The normalized spacial score (nSPS) is 18.2. The highest BCUT2D eigenvalue weighted by molar-refractivity contribution is 8.03. The van der Waals surface area contributed by atoms with Crippen LogP contribution in [-0.2, 0) is 4.79 Å². The predicted octanol–water partition coefficient (Wildman–Crippen LogP) is 1.40. The number of carbonyl (C=O) groups excluding carboxylic acids is 1. The molecule has 0 spiro atoms. The summed E-state index contributed by atoms with van der Waals surface area (Å²) in [6.45, 7) is 0. The van der Waals surface area contributed by atoms with E-state index in [4.69, 9.17) is 0 Å². The smallest absolute Gasteiger partial charge is 0.135 e. The minimum atomic E-state index is 0.786. The fourth-order valence-electron chi connectivity index (χ4n) is 0.537. The number of hydrogen-bond donors (Lipinski definition) is 0. The number of thioether (sulfide) groups is 1. The summed E-state index contributed by atoms with van der Waals surface area (Å²) in [5.74, 6) is 2.82. The second-order valence-electron chi connectivity index (χ2n) is 1.51. The van der Waals surface area contributed by atoms with Crippen LogP contribution in [0.3, 0.4) is 0 Å². The van der Waals surface area contributed by atoms with Crippen molar-refractivity contribution < 1.29 is 4.79 Å². The summed E-state index contributed by atoms with van der Waals surface area (Å²) >= 11 is 1.57. The van der Waals surface area contributed by atoms with E-state index < -0.39 is 0 Å².